The van der Waals surface area contributed by atoms with E-state index in [2.05, 4.69) is 25.8 Å². The van der Waals surface area contributed by atoms with Crippen LogP contribution in [0.2, 0.25) is 0 Å². The van der Waals surface area contributed by atoms with Gasteiger partial charge in [-0.25, -0.2) is 9.78 Å². The molecule has 0 aliphatic carbocycles. The number of aryl methyl sites for hydroxylation is 1. The molecule has 1 atom stereocenters. The molecular weight excluding hydrogens is 240 g/mol. The molecule has 0 bridgehead atoms. The molecule has 19 heavy (non-hydrogen) atoms. The van der Waals surface area contributed by atoms with Gasteiger partial charge in [-0.05, 0) is 24.5 Å². The largest absolute Gasteiger partial charge is 0.478 e. The van der Waals surface area contributed by atoms with Crippen molar-refractivity contribution in [3.63, 3.8) is 0 Å². The van der Waals surface area contributed by atoms with E-state index in [4.69, 9.17) is 5.11 Å². The van der Waals surface area contributed by atoms with Crippen molar-refractivity contribution >= 4 is 11.8 Å². The molecule has 1 N–H and O–H groups in total. The zero-order chi connectivity index (χ0) is 14.4. The van der Waals surface area contributed by atoms with Crippen LogP contribution >= 0.6 is 0 Å². The van der Waals surface area contributed by atoms with Gasteiger partial charge in [-0.2, -0.15) is 0 Å². The minimum Gasteiger partial charge on any atom is -0.478 e. The van der Waals surface area contributed by atoms with Crippen LogP contribution in [0.15, 0.2) is 12.1 Å². The number of rotatable bonds is 7. The predicted molar refractivity (Wildman–Crippen MR) is 77.9 cm³/mol. The lowest BCUT2D eigenvalue weighted by molar-refractivity contribution is 0.0696. The molecule has 1 rings (SSSR count). The van der Waals surface area contributed by atoms with Crippen LogP contribution in [0.5, 0.6) is 0 Å². The van der Waals surface area contributed by atoms with E-state index in [1.807, 2.05) is 11.9 Å². The molecule has 0 aromatic carbocycles. The van der Waals surface area contributed by atoms with E-state index in [9.17, 15) is 4.79 Å². The maximum Gasteiger partial charge on any atom is 0.335 e. The molecule has 0 radical (unpaired) electrons. The summed E-state index contributed by atoms with van der Waals surface area (Å²) in [6, 6.07) is 3.33. The molecule has 106 valence electrons. The number of hydrogen-bond acceptors (Lipinski definition) is 3. The highest BCUT2D eigenvalue weighted by Gasteiger charge is 2.12. The Morgan fingerprint density at radius 2 is 2.11 bits per heavy atom. The van der Waals surface area contributed by atoms with Gasteiger partial charge in [-0.3, -0.25) is 0 Å². The fraction of sp³-hybridized carbons (Fsp3) is 0.600. The maximum absolute atomic E-state index is 11.2. The third-order valence-corrected chi connectivity index (χ3v) is 3.29. The monoisotopic (exact) mass is 264 g/mol. The standard InChI is InChI=1S/C15H24N2O2/c1-5-7-13-8-12(15(18)19)9-14(16-13)17(4)10-11(3)6-2/h8-9,11H,5-7,10H2,1-4H3,(H,18,19). The number of pyridine rings is 1. The summed E-state index contributed by atoms with van der Waals surface area (Å²) in [5.74, 6) is 0.427. The maximum atomic E-state index is 11.2. The number of hydrogen-bond donors (Lipinski definition) is 1. The van der Waals surface area contributed by atoms with Gasteiger partial charge in [0.1, 0.15) is 5.82 Å². The average molecular weight is 264 g/mol. The van der Waals surface area contributed by atoms with Crippen LogP contribution < -0.4 is 4.90 Å². The predicted octanol–water partition coefficient (Wildman–Crippen LogP) is 3.21. The highest BCUT2D eigenvalue weighted by atomic mass is 16.4. The van der Waals surface area contributed by atoms with Gasteiger partial charge in [0.25, 0.3) is 0 Å². The van der Waals surface area contributed by atoms with Crippen molar-refractivity contribution in [2.75, 3.05) is 18.5 Å². The van der Waals surface area contributed by atoms with E-state index in [-0.39, 0.29) is 0 Å². The summed E-state index contributed by atoms with van der Waals surface area (Å²) in [6.45, 7) is 7.29. The molecular formula is C15H24N2O2. The average Bonchev–Trinajstić information content (AvgIpc) is 2.38. The van der Waals surface area contributed by atoms with Crippen LogP contribution in [0.25, 0.3) is 0 Å². The first-order valence-electron chi connectivity index (χ1n) is 6.93. The smallest absolute Gasteiger partial charge is 0.335 e. The third-order valence-electron chi connectivity index (χ3n) is 3.29. The van der Waals surface area contributed by atoms with Gasteiger partial charge in [0, 0.05) is 19.3 Å². The summed E-state index contributed by atoms with van der Waals surface area (Å²) in [5, 5.41) is 9.17. The zero-order valence-electron chi connectivity index (χ0n) is 12.3. The molecule has 0 amide bonds. The fourth-order valence-corrected chi connectivity index (χ4v) is 1.97. The highest BCUT2D eigenvalue weighted by molar-refractivity contribution is 5.88. The number of nitrogens with zero attached hydrogens (tertiary/aromatic N) is 2. The van der Waals surface area contributed by atoms with E-state index >= 15 is 0 Å². The van der Waals surface area contributed by atoms with Crippen molar-refractivity contribution in [2.24, 2.45) is 5.92 Å². The first-order valence-corrected chi connectivity index (χ1v) is 6.93. The van der Waals surface area contributed by atoms with Crippen molar-refractivity contribution in [3.8, 4) is 0 Å². The van der Waals surface area contributed by atoms with Crippen LogP contribution in [0.4, 0.5) is 5.82 Å². The van der Waals surface area contributed by atoms with E-state index < -0.39 is 5.97 Å². The SMILES string of the molecule is CCCc1cc(C(=O)O)cc(N(C)CC(C)CC)n1. The summed E-state index contributed by atoms with van der Waals surface area (Å²) in [6.07, 6.45) is 2.88. The Morgan fingerprint density at radius 3 is 2.63 bits per heavy atom. The minimum absolute atomic E-state index is 0.324. The first kappa shape index (κ1) is 15.5. The molecule has 4 nitrogen and oxygen atoms in total. The first-order chi connectivity index (χ1) is 8.97. The van der Waals surface area contributed by atoms with Gasteiger partial charge in [0.15, 0.2) is 0 Å². The van der Waals surface area contributed by atoms with E-state index in [1.54, 1.807) is 12.1 Å². The molecule has 0 saturated heterocycles. The molecule has 4 heteroatoms. The summed E-state index contributed by atoms with van der Waals surface area (Å²) in [5.41, 5.74) is 1.18. The molecule has 0 fully saturated rings. The number of carboxylic acids is 1. The number of anilines is 1. The number of aromatic nitrogens is 1. The second-order valence-electron chi connectivity index (χ2n) is 5.15. The van der Waals surface area contributed by atoms with Crippen LogP contribution in [0, 0.1) is 5.92 Å². The molecule has 0 spiro atoms. The quantitative estimate of drug-likeness (QED) is 0.821. The zero-order valence-corrected chi connectivity index (χ0v) is 12.3. The third kappa shape index (κ3) is 4.54. The number of aromatic carboxylic acids is 1. The normalized spacial score (nSPS) is 12.2. The van der Waals surface area contributed by atoms with Gasteiger partial charge in [0.05, 0.1) is 5.56 Å². The number of carboxylic acid groups (broad SMARTS) is 1. The Bertz CT molecular complexity index is 432. The molecule has 1 aromatic rings. The molecule has 0 saturated carbocycles. The lowest BCUT2D eigenvalue weighted by Gasteiger charge is -2.22. The van der Waals surface area contributed by atoms with Crippen molar-refractivity contribution in [1.82, 2.24) is 4.98 Å². The van der Waals surface area contributed by atoms with Crippen molar-refractivity contribution in [3.05, 3.63) is 23.4 Å². The summed E-state index contributed by atoms with van der Waals surface area (Å²) < 4.78 is 0. The van der Waals surface area contributed by atoms with E-state index in [1.165, 1.54) is 0 Å². The van der Waals surface area contributed by atoms with Gasteiger partial charge in [-0.1, -0.05) is 33.6 Å². The van der Waals surface area contributed by atoms with Crippen LogP contribution in [0.3, 0.4) is 0 Å². The summed E-state index contributed by atoms with van der Waals surface area (Å²) in [4.78, 5) is 17.8. The van der Waals surface area contributed by atoms with Crippen LogP contribution in [0.1, 0.15) is 49.7 Å². The second kappa shape index (κ2) is 7.12. The summed E-state index contributed by atoms with van der Waals surface area (Å²) in [7, 11) is 1.97. The molecule has 1 heterocycles. The Hall–Kier alpha value is -1.58. The molecule has 0 aliphatic heterocycles. The van der Waals surface area contributed by atoms with Gasteiger partial charge in [0.2, 0.25) is 0 Å². The summed E-state index contributed by atoms with van der Waals surface area (Å²) >= 11 is 0. The minimum atomic E-state index is -0.891. The Labute approximate surface area is 115 Å². The van der Waals surface area contributed by atoms with Gasteiger partial charge < -0.3 is 10.0 Å². The van der Waals surface area contributed by atoms with Crippen molar-refractivity contribution in [1.29, 1.82) is 0 Å². The lowest BCUT2D eigenvalue weighted by Crippen LogP contribution is -2.25. The van der Waals surface area contributed by atoms with Gasteiger partial charge in [-0.15, -0.1) is 0 Å². The van der Waals surface area contributed by atoms with Crippen LogP contribution in [-0.2, 0) is 6.42 Å². The van der Waals surface area contributed by atoms with Crippen molar-refractivity contribution in [2.45, 2.75) is 40.0 Å². The second-order valence-corrected chi connectivity index (χ2v) is 5.15. The van der Waals surface area contributed by atoms with Crippen LogP contribution in [-0.4, -0.2) is 29.7 Å². The lowest BCUT2D eigenvalue weighted by atomic mass is 10.1. The van der Waals surface area contributed by atoms with E-state index in [0.29, 0.717) is 11.5 Å². The van der Waals surface area contributed by atoms with Gasteiger partial charge >= 0.3 is 5.97 Å². The molecule has 1 aromatic heterocycles. The van der Waals surface area contributed by atoms with E-state index in [0.717, 1.165) is 37.3 Å². The highest BCUT2D eigenvalue weighted by Crippen LogP contribution is 2.17. The Balaban J connectivity index is 3.01. The topological polar surface area (TPSA) is 53.4 Å². The number of carbonyl (C=O) groups is 1. The molecule has 1 unspecified atom stereocenters. The van der Waals surface area contributed by atoms with Crippen molar-refractivity contribution < 1.29 is 9.90 Å². The fourth-order valence-electron chi connectivity index (χ4n) is 1.97. The Morgan fingerprint density at radius 1 is 1.42 bits per heavy atom. The molecule has 0 aliphatic rings. The Kier molecular flexibility index (Phi) is 5.80.